The van der Waals surface area contributed by atoms with E-state index in [0.29, 0.717) is 10.8 Å². The number of nitrogens with two attached hydrogens (primary N) is 1. The summed E-state index contributed by atoms with van der Waals surface area (Å²) in [7, 11) is 0. The first-order valence-corrected chi connectivity index (χ1v) is 3.16. The van der Waals surface area contributed by atoms with Crippen LogP contribution in [-0.2, 0) is 0 Å². The minimum absolute atomic E-state index is 0.346. The van der Waals surface area contributed by atoms with Crippen molar-refractivity contribution in [3.05, 3.63) is 29.4 Å². The molecule has 2 nitrogen and oxygen atoms in total. The van der Waals surface area contributed by atoms with Crippen LogP contribution in [0.1, 0.15) is 5.56 Å². The number of anilines is 1. The minimum Gasteiger partial charge on any atom is -0.382 e. The van der Waals surface area contributed by atoms with Crippen molar-refractivity contribution in [3.8, 4) is 0 Å². The van der Waals surface area contributed by atoms with Crippen molar-refractivity contribution >= 4 is 23.5 Å². The maximum Gasteiger partial charge on any atom is 0.142 e. The quantitative estimate of drug-likeness (QED) is 0.672. The second kappa shape index (κ2) is 2.71. The lowest BCUT2D eigenvalue weighted by molar-refractivity contribution is 1.33. The molecule has 0 aliphatic heterocycles. The van der Waals surface area contributed by atoms with Crippen molar-refractivity contribution in [3.63, 3.8) is 0 Å². The van der Waals surface area contributed by atoms with Crippen molar-refractivity contribution in [2.45, 2.75) is 0 Å². The molecule has 1 aromatic heterocycles. The molecule has 0 atom stereocenters. The molecular weight excluding hydrogens is 148 g/mol. The van der Waals surface area contributed by atoms with E-state index in [-0.39, 0.29) is 0 Å². The SMILES string of the molecule is C=Cc1ccnc(N)c1Cl. The summed E-state index contributed by atoms with van der Waals surface area (Å²) in [4.78, 5) is 3.79. The van der Waals surface area contributed by atoms with E-state index in [1.54, 1.807) is 18.3 Å². The molecule has 0 aliphatic rings. The van der Waals surface area contributed by atoms with E-state index < -0.39 is 0 Å². The van der Waals surface area contributed by atoms with Crippen LogP contribution in [-0.4, -0.2) is 4.98 Å². The Kier molecular flexibility index (Phi) is 1.92. The first kappa shape index (κ1) is 7.09. The molecule has 0 spiro atoms. The summed E-state index contributed by atoms with van der Waals surface area (Å²) in [5, 5.41) is 0.470. The molecule has 2 N–H and O–H groups in total. The Balaban J connectivity index is 3.27. The molecule has 0 radical (unpaired) electrons. The van der Waals surface area contributed by atoms with Gasteiger partial charge in [-0.05, 0) is 11.6 Å². The van der Waals surface area contributed by atoms with Gasteiger partial charge in [-0.25, -0.2) is 4.98 Å². The van der Waals surface area contributed by atoms with Gasteiger partial charge in [-0.15, -0.1) is 0 Å². The Morgan fingerprint density at radius 2 is 2.40 bits per heavy atom. The van der Waals surface area contributed by atoms with Crippen molar-refractivity contribution in [1.82, 2.24) is 4.98 Å². The van der Waals surface area contributed by atoms with Gasteiger partial charge in [0, 0.05) is 6.20 Å². The molecule has 1 heterocycles. The van der Waals surface area contributed by atoms with E-state index in [1.165, 1.54) is 0 Å². The summed E-state index contributed by atoms with van der Waals surface area (Å²) in [5.74, 6) is 0.346. The van der Waals surface area contributed by atoms with Gasteiger partial charge in [-0.2, -0.15) is 0 Å². The minimum atomic E-state index is 0.346. The summed E-state index contributed by atoms with van der Waals surface area (Å²) >= 11 is 5.73. The maximum atomic E-state index is 5.73. The molecule has 0 aliphatic carbocycles. The summed E-state index contributed by atoms with van der Waals surface area (Å²) in [6.45, 7) is 3.57. The molecule has 0 saturated carbocycles. The van der Waals surface area contributed by atoms with Gasteiger partial charge in [-0.3, -0.25) is 0 Å². The normalized spacial score (nSPS) is 9.30. The average molecular weight is 155 g/mol. The zero-order valence-electron chi connectivity index (χ0n) is 5.34. The van der Waals surface area contributed by atoms with Crippen molar-refractivity contribution in [2.75, 3.05) is 5.73 Å². The number of nitrogen functional groups attached to an aromatic ring is 1. The van der Waals surface area contributed by atoms with E-state index in [0.717, 1.165) is 5.56 Å². The number of rotatable bonds is 1. The van der Waals surface area contributed by atoms with Gasteiger partial charge in [0.25, 0.3) is 0 Å². The van der Waals surface area contributed by atoms with Crippen LogP contribution in [0.15, 0.2) is 18.8 Å². The molecule has 0 bridgehead atoms. The zero-order chi connectivity index (χ0) is 7.56. The van der Waals surface area contributed by atoms with Crippen LogP contribution in [0.5, 0.6) is 0 Å². The van der Waals surface area contributed by atoms with Crippen molar-refractivity contribution < 1.29 is 0 Å². The van der Waals surface area contributed by atoms with Gasteiger partial charge in [0.15, 0.2) is 0 Å². The fraction of sp³-hybridized carbons (Fsp3) is 0. The Morgan fingerprint density at radius 1 is 1.70 bits per heavy atom. The summed E-state index contributed by atoms with van der Waals surface area (Å²) in [6, 6.07) is 1.76. The zero-order valence-corrected chi connectivity index (χ0v) is 6.10. The number of halogens is 1. The Labute approximate surface area is 64.3 Å². The third-order valence-electron chi connectivity index (χ3n) is 1.17. The molecular formula is C7H7ClN2. The topological polar surface area (TPSA) is 38.9 Å². The van der Waals surface area contributed by atoms with Crippen LogP contribution in [0, 0.1) is 0 Å². The van der Waals surface area contributed by atoms with Crippen molar-refractivity contribution in [2.24, 2.45) is 0 Å². The molecule has 0 saturated heterocycles. The van der Waals surface area contributed by atoms with Gasteiger partial charge in [0.1, 0.15) is 5.82 Å². The fourth-order valence-electron chi connectivity index (χ4n) is 0.633. The first-order valence-electron chi connectivity index (χ1n) is 2.78. The second-order valence-corrected chi connectivity index (χ2v) is 2.18. The predicted octanol–water partition coefficient (Wildman–Crippen LogP) is 1.96. The first-order chi connectivity index (χ1) is 4.75. The Bertz CT molecular complexity index is 258. The molecule has 1 aromatic rings. The highest BCUT2D eigenvalue weighted by Gasteiger charge is 1.98. The average Bonchev–Trinajstić information content (AvgIpc) is 1.95. The molecule has 0 amide bonds. The van der Waals surface area contributed by atoms with Crippen molar-refractivity contribution in [1.29, 1.82) is 0 Å². The third kappa shape index (κ3) is 1.11. The lowest BCUT2D eigenvalue weighted by atomic mass is 10.2. The maximum absolute atomic E-state index is 5.73. The standard InChI is InChI=1S/C7H7ClN2/c1-2-5-3-4-10-7(9)6(5)8/h2-4H,1H2,(H2,9,10). The van der Waals surface area contributed by atoms with Gasteiger partial charge < -0.3 is 5.73 Å². The highest BCUT2D eigenvalue weighted by Crippen LogP contribution is 2.20. The summed E-state index contributed by atoms with van der Waals surface area (Å²) < 4.78 is 0. The number of hydrogen-bond acceptors (Lipinski definition) is 2. The van der Waals surface area contributed by atoms with Gasteiger partial charge >= 0.3 is 0 Å². The van der Waals surface area contributed by atoms with Crippen LogP contribution in [0.3, 0.4) is 0 Å². The lowest BCUT2D eigenvalue weighted by Gasteiger charge is -1.98. The smallest absolute Gasteiger partial charge is 0.142 e. The number of pyridine rings is 1. The van der Waals surface area contributed by atoms with E-state index in [9.17, 15) is 0 Å². The van der Waals surface area contributed by atoms with Crippen LogP contribution < -0.4 is 5.73 Å². The molecule has 0 aromatic carbocycles. The van der Waals surface area contributed by atoms with Crippen LogP contribution in [0.25, 0.3) is 6.08 Å². The van der Waals surface area contributed by atoms with Gasteiger partial charge in [-0.1, -0.05) is 24.3 Å². The highest BCUT2D eigenvalue weighted by atomic mass is 35.5. The van der Waals surface area contributed by atoms with E-state index in [1.807, 2.05) is 0 Å². The highest BCUT2D eigenvalue weighted by molar-refractivity contribution is 6.34. The monoisotopic (exact) mass is 154 g/mol. The van der Waals surface area contributed by atoms with E-state index in [4.69, 9.17) is 17.3 Å². The van der Waals surface area contributed by atoms with Crippen LogP contribution in [0.2, 0.25) is 5.02 Å². The largest absolute Gasteiger partial charge is 0.382 e. The van der Waals surface area contributed by atoms with Crippen LogP contribution in [0.4, 0.5) is 5.82 Å². The summed E-state index contributed by atoms with van der Waals surface area (Å²) in [5.41, 5.74) is 6.22. The Morgan fingerprint density at radius 3 is 2.90 bits per heavy atom. The molecule has 0 unspecified atom stereocenters. The van der Waals surface area contributed by atoms with Gasteiger partial charge in [0.2, 0.25) is 0 Å². The molecule has 3 heteroatoms. The Hall–Kier alpha value is -1.02. The number of hydrogen-bond donors (Lipinski definition) is 1. The fourth-order valence-corrected chi connectivity index (χ4v) is 0.822. The molecule has 10 heavy (non-hydrogen) atoms. The predicted molar refractivity (Wildman–Crippen MR) is 43.8 cm³/mol. The third-order valence-corrected chi connectivity index (χ3v) is 1.58. The number of nitrogens with zero attached hydrogens (tertiary/aromatic N) is 1. The molecule has 1 rings (SSSR count). The molecule has 52 valence electrons. The van der Waals surface area contributed by atoms with Crippen LogP contribution >= 0.6 is 11.6 Å². The van der Waals surface area contributed by atoms with E-state index >= 15 is 0 Å². The molecule has 0 fully saturated rings. The number of aromatic nitrogens is 1. The summed E-state index contributed by atoms with van der Waals surface area (Å²) in [6.07, 6.45) is 3.23. The van der Waals surface area contributed by atoms with E-state index in [2.05, 4.69) is 11.6 Å². The second-order valence-electron chi connectivity index (χ2n) is 1.80. The lowest BCUT2D eigenvalue weighted by Crippen LogP contribution is -1.91. The van der Waals surface area contributed by atoms with Gasteiger partial charge in [0.05, 0.1) is 5.02 Å².